The highest BCUT2D eigenvalue weighted by atomic mass is 14.9. The number of hydrogen-bond donors (Lipinski definition) is 0. The molecule has 0 fully saturated rings. The van der Waals surface area contributed by atoms with Crippen LogP contribution in [0.3, 0.4) is 0 Å². The van der Waals surface area contributed by atoms with Crippen LogP contribution in [0.4, 0.5) is 0 Å². The molecule has 8 aromatic rings. The number of aromatic nitrogens is 3. The van der Waals surface area contributed by atoms with E-state index in [2.05, 4.69) is 128 Å². The van der Waals surface area contributed by atoms with Gasteiger partial charge in [-0.15, -0.1) is 0 Å². The standard InChI is InChI=1S/C44H31N3/c1-44(2)37-18-10-17-35(42(37)41-31-14-7-6-11-28(31)19-22-38(41)44)34-20-21-36(33-16-9-8-15-32(33)34)43-46-39(29-12-4-3-5-13-29)27-40(47-43)30-23-25-45-26-24-30/h3-27H,1-2H3. The Morgan fingerprint density at radius 2 is 1.06 bits per heavy atom. The first-order valence-corrected chi connectivity index (χ1v) is 16.1. The third kappa shape index (κ3) is 4.31. The molecule has 0 amide bonds. The largest absolute Gasteiger partial charge is 0.265 e. The van der Waals surface area contributed by atoms with E-state index in [1.807, 2.05) is 42.7 Å². The lowest BCUT2D eigenvalue weighted by molar-refractivity contribution is 0.661. The Labute approximate surface area is 274 Å². The van der Waals surface area contributed by atoms with Gasteiger partial charge >= 0.3 is 0 Å². The highest BCUT2D eigenvalue weighted by Gasteiger charge is 2.38. The monoisotopic (exact) mass is 601 g/mol. The minimum absolute atomic E-state index is 0.102. The molecule has 0 bridgehead atoms. The molecular weight excluding hydrogens is 571 g/mol. The van der Waals surface area contributed by atoms with Crippen LogP contribution in [-0.2, 0) is 5.41 Å². The number of benzene rings is 6. The second kappa shape index (κ2) is 10.6. The average Bonchev–Trinajstić information content (AvgIpc) is 3.38. The molecule has 0 aliphatic heterocycles. The zero-order chi connectivity index (χ0) is 31.5. The van der Waals surface area contributed by atoms with Crippen molar-refractivity contribution in [2.24, 2.45) is 0 Å². The lowest BCUT2D eigenvalue weighted by atomic mass is 9.81. The van der Waals surface area contributed by atoms with Crippen LogP contribution in [0.25, 0.3) is 77.7 Å². The quantitative estimate of drug-likeness (QED) is 0.201. The van der Waals surface area contributed by atoms with E-state index >= 15 is 0 Å². The van der Waals surface area contributed by atoms with Crippen LogP contribution in [-0.4, -0.2) is 15.0 Å². The van der Waals surface area contributed by atoms with Gasteiger partial charge in [0, 0.05) is 34.5 Å². The first-order valence-electron chi connectivity index (χ1n) is 16.1. The van der Waals surface area contributed by atoms with Crippen LogP contribution >= 0.6 is 0 Å². The Morgan fingerprint density at radius 3 is 1.83 bits per heavy atom. The van der Waals surface area contributed by atoms with Crippen LogP contribution < -0.4 is 0 Å². The third-order valence-corrected chi connectivity index (χ3v) is 9.82. The molecule has 0 atom stereocenters. The fraction of sp³-hybridized carbons (Fsp3) is 0.0682. The molecule has 0 saturated carbocycles. The van der Waals surface area contributed by atoms with E-state index in [0.717, 1.165) is 33.5 Å². The van der Waals surface area contributed by atoms with Crippen LogP contribution in [0.2, 0.25) is 0 Å². The van der Waals surface area contributed by atoms with Gasteiger partial charge < -0.3 is 0 Å². The minimum Gasteiger partial charge on any atom is -0.265 e. The van der Waals surface area contributed by atoms with Crippen molar-refractivity contribution in [3.8, 4) is 56.2 Å². The molecule has 0 spiro atoms. The summed E-state index contributed by atoms with van der Waals surface area (Å²) in [7, 11) is 0. The number of hydrogen-bond acceptors (Lipinski definition) is 3. The minimum atomic E-state index is -0.102. The molecule has 1 aliphatic carbocycles. The fourth-order valence-electron chi connectivity index (χ4n) is 7.50. The number of nitrogens with zero attached hydrogens (tertiary/aromatic N) is 3. The van der Waals surface area contributed by atoms with Crippen LogP contribution in [0.1, 0.15) is 25.0 Å². The van der Waals surface area contributed by atoms with Gasteiger partial charge in [0.25, 0.3) is 0 Å². The van der Waals surface area contributed by atoms with Gasteiger partial charge in [-0.25, -0.2) is 9.97 Å². The molecular formula is C44H31N3. The zero-order valence-corrected chi connectivity index (χ0v) is 26.3. The van der Waals surface area contributed by atoms with E-state index < -0.39 is 0 Å². The molecule has 3 nitrogen and oxygen atoms in total. The predicted octanol–water partition coefficient (Wildman–Crippen LogP) is 11.2. The van der Waals surface area contributed by atoms with Crippen molar-refractivity contribution in [2.75, 3.05) is 0 Å². The van der Waals surface area contributed by atoms with E-state index in [4.69, 9.17) is 9.97 Å². The Balaban J connectivity index is 1.29. The lowest BCUT2D eigenvalue weighted by Gasteiger charge is -2.22. The topological polar surface area (TPSA) is 38.7 Å². The van der Waals surface area contributed by atoms with E-state index in [0.29, 0.717) is 5.82 Å². The molecule has 2 aromatic heterocycles. The molecule has 2 heterocycles. The maximum absolute atomic E-state index is 5.17. The van der Waals surface area contributed by atoms with Crippen molar-refractivity contribution >= 4 is 21.5 Å². The van der Waals surface area contributed by atoms with Gasteiger partial charge in [0.15, 0.2) is 5.82 Å². The van der Waals surface area contributed by atoms with Crippen LogP contribution in [0.15, 0.2) is 152 Å². The van der Waals surface area contributed by atoms with Gasteiger partial charge in [-0.05, 0) is 79.2 Å². The first kappa shape index (κ1) is 27.4. The number of rotatable bonds is 4. The Bertz CT molecular complexity index is 2420. The molecule has 9 rings (SSSR count). The van der Waals surface area contributed by atoms with E-state index in [1.165, 1.54) is 49.5 Å². The maximum atomic E-state index is 5.17. The van der Waals surface area contributed by atoms with Crippen molar-refractivity contribution in [1.82, 2.24) is 15.0 Å². The van der Waals surface area contributed by atoms with Gasteiger partial charge in [0.2, 0.25) is 0 Å². The summed E-state index contributed by atoms with van der Waals surface area (Å²) < 4.78 is 0. The second-order valence-corrected chi connectivity index (χ2v) is 12.8. The molecule has 6 aromatic carbocycles. The summed E-state index contributed by atoms with van der Waals surface area (Å²) in [6, 6.07) is 49.8. The summed E-state index contributed by atoms with van der Waals surface area (Å²) in [6.07, 6.45) is 3.62. The summed E-state index contributed by atoms with van der Waals surface area (Å²) in [5.41, 5.74) is 12.7. The molecule has 0 radical (unpaired) electrons. The number of fused-ring (bicyclic) bond motifs is 6. The summed E-state index contributed by atoms with van der Waals surface area (Å²) in [6.45, 7) is 4.71. The first-order chi connectivity index (χ1) is 23.1. The molecule has 3 heteroatoms. The molecule has 0 saturated heterocycles. The Hall–Kier alpha value is -5.93. The van der Waals surface area contributed by atoms with Gasteiger partial charge in [-0.3, -0.25) is 4.98 Å². The van der Waals surface area contributed by atoms with Gasteiger partial charge in [0.05, 0.1) is 11.4 Å². The molecule has 0 unspecified atom stereocenters. The summed E-state index contributed by atoms with van der Waals surface area (Å²) >= 11 is 0. The van der Waals surface area contributed by atoms with Crippen molar-refractivity contribution in [3.05, 3.63) is 163 Å². The van der Waals surface area contributed by atoms with Gasteiger partial charge in [-0.2, -0.15) is 0 Å². The van der Waals surface area contributed by atoms with E-state index in [-0.39, 0.29) is 5.41 Å². The van der Waals surface area contributed by atoms with Gasteiger partial charge in [-0.1, -0.05) is 129 Å². The summed E-state index contributed by atoms with van der Waals surface area (Å²) in [5.74, 6) is 0.705. The normalized spacial score (nSPS) is 13.1. The molecule has 0 N–H and O–H groups in total. The Morgan fingerprint density at radius 1 is 0.447 bits per heavy atom. The maximum Gasteiger partial charge on any atom is 0.161 e. The van der Waals surface area contributed by atoms with Crippen molar-refractivity contribution in [1.29, 1.82) is 0 Å². The van der Waals surface area contributed by atoms with Crippen LogP contribution in [0.5, 0.6) is 0 Å². The average molecular weight is 602 g/mol. The van der Waals surface area contributed by atoms with E-state index in [9.17, 15) is 0 Å². The molecule has 47 heavy (non-hydrogen) atoms. The fourth-order valence-corrected chi connectivity index (χ4v) is 7.50. The van der Waals surface area contributed by atoms with E-state index in [1.54, 1.807) is 0 Å². The SMILES string of the molecule is CC1(C)c2cccc(-c3ccc(-c4nc(-c5ccccc5)cc(-c5ccncc5)n4)c4ccccc34)c2-c2c1ccc1ccccc21. The summed E-state index contributed by atoms with van der Waals surface area (Å²) in [5, 5.41) is 4.89. The molecule has 1 aliphatic rings. The second-order valence-electron chi connectivity index (χ2n) is 12.8. The zero-order valence-electron chi connectivity index (χ0n) is 26.3. The molecule has 222 valence electrons. The third-order valence-electron chi connectivity index (χ3n) is 9.82. The Kier molecular flexibility index (Phi) is 6.16. The van der Waals surface area contributed by atoms with Crippen molar-refractivity contribution in [3.63, 3.8) is 0 Å². The van der Waals surface area contributed by atoms with Crippen molar-refractivity contribution < 1.29 is 0 Å². The highest BCUT2D eigenvalue weighted by Crippen LogP contribution is 2.55. The lowest BCUT2D eigenvalue weighted by Crippen LogP contribution is -2.14. The predicted molar refractivity (Wildman–Crippen MR) is 194 cm³/mol. The van der Waals surface area contributed by atoms with Gasteiger partial charge in [0.1, 0.15) is 0 Å². The highest BCUT2D eigenvalue weighted by molar-refractivity contribution is 6.11. The smallest absolute Gasteiger partial charge is 0.161 e. The number of pyridine rings is 1. The van der Waals surface area contributed by atoms with Crippen LogP contribution in [0, 0.1) is 0 Å². The summed E-state index contributed by atoms with van der Waals surface area (Å²) in [4.78, 5) is 14.6. The van der Waals surface area contributed by atoms with Crippen molar-refractivity contribution in [2.45, 2.75) is 19.3 Å².